The Labute approximate surface area is 280 Å². The molecule has 0 aromatic carbocycles. The summed E-state index contributed by atoms with van der Waals surface area (Å²) in [7, 11) is 0. The van der Waals surface area contributed by atoms with E-state index in [4.69, 9.17) is 14.2 Å². The zero-order valence-corrected chi connectivity index (χ0v) is 29.5. The van der Waals surface area contributed by atoms with E-state index in [1.165, 1.54) is 122 Å². The molecule has 268 valence electrons. The molecule has 0 aromatic heterocycles. The SMILES string of the molecule is CCCCCCCCCCCCCCCC(=O)OC[C@H](O)[C@H]1OC(=O)C(OC(=O)CCCCCCCCCCCCCCC)=C1O. The number of ether oxygens (including phenoxy) is 3. The van der Waals surface area contributed by atoms with Crippen molar-refractivity contribution < 1.29 is 38.8 Å². The minimum atomic E-state index is -1.46. The average molecular weight is 653 g/mol. The maximum atomic E-state index is 12.2. The lowest BCUT2D eigenvalue weighted by atomic mass is 10.0. The van der Waals surface area contributed by atoms with Gasteiger partial charge in [-0.15, -0.1) is 0 Å². The van der Waals surface area contributed by atoms with Gasteiger partial charge in [-0.3, -0.25) is 9.59 Å². The van der Waals surface area contributed by atoms with Gasteiger partial charge in [0.25, 0.3) is 5.76 Å². The van der Waals surface area contributed by atoms with Gasteiger partial charge in [0.1, 0.15) is 12.7 Å². The minimum absolute atomic E-state index is 0.131. The van der Waals surface area contributed by atoms with E-state index >= 15 is 0 Å². The van der Waals surface area contributed by atoms with Gasteiger partial charge >= 0.3 is 17.9 Å². The second-order valence-corrected chi connectivity index (χ2v) is 13.2. The number of esters is 3. The molecule has 0 saturated heterocycles. The van der Waals surface area contributed by atoms with E-state index in [1.54, 1.807) is 0 Å². The molecule has 0 unspecified atom stereocenters. The maximum absolute atomic E-state index is 12.2. The van der Waals surface area contributed by atoms with Crippen LogP contribution in [0.3, 0.4) is 0 Å². The lowest BCUT2D eigenvalue weighted by Gasteiger charge is -2.17. The lowest BCUT2D eigenvalue weighted by Crippen LogP contribution is -2.33. The van der Waals surface area contributed by atoms with Crippen LogP contribution in [0.1, 0.15) is 194 Å². The monoisotopic (exact) mass is 652 g/mol. The molecule has 0 aliphatic carbocycles. The first-order chi connectivity index (χ1) is 22.4. The molecule has 8 heteroatoms. The van der Waals surface area contributed by atoms with E-state index in [0.29, 0.717) is 6.42 Å². The van der Waals surface area contributed by atoms with Crippen LogP contribution < -0.4 is 0 Å². The second kappa shape index (κ2) is 29.1. The first-order valence-corrected chi connectivity index (χ1v) is 19.1. The predicted molar refractivity (Wildman–Crippen MR) is 183 cm³/mol. The molecule has 2 N–H and O–H groups in total. The van der Waals surface area contributed by atoms with E-state index in [9.17, 15) is 24.6 Å². The number of carbonyl (C=O) groups is 3. The molecular weight excluding hydrogens is 584 g/mol. The summed E-state index contributed by atoms with van der Waals surface area (Å²) in [5.41, 5.74) is 0. The number of rotatable bonds is 32. The van der Waals surface area contributed by atoms with E-state index in [1.807, 2.05) is 0 Å². The zero-order valence-electron chi connectivity index (χ0n) is 29.5. The van der Waals surface area contributed by atoms with Gasteiger partial charge in [-0.05, 0) is 12.8 Å². The summed E-state index contributed by atoms with van der Waals surface area (Å²) in [6, 6.07) is 0. The summed E-state index contributed by atoms with van der Waals surface area (Å²) in [4.78, 5) is 36.5. The van der Waals surface area contributed by atoms with Crippen molar-refractivity contribution in [3.63, 3.8) is 0 Å². The minimum Gasteiger partial charge on any atom is -0.505 e. The quantitative estimate of drug-likeness (QED) is 0.0419. The fraction of sp³-hybridized carbons (Fsp3) is 0.868. The smallest absolute Gasteiger partial charge is 0.378 e. The van der Waals surface area contributed by atoms with Gasteiger partial charge in [0.05, 0.1) is 0 Å². The number of aliphatic hydroxyl groups excluding tert-OH is 2. The Balaban J connectivity index is 2.09. The van der Waals surface area contributed by atoms with Gasteiger partial charge < -0.3 is 24.4 Å². The first-order valence-electron chi connectivity index (χ1n) is 19.1. The summed E-state index contributed by atoms with van der Waals surface area (Å²) < 4.78 is 15.2. The molecule has 0 aromatic rings. The van der Waals surface area contributed by atoms with E-state index in [0.717, 1.165) is 38.5 Å². The van der Waals surface area contributed by atoms with E-state index in [2.05, 4.69) is 13.8 Å². The number of cyclic esters (lactones) is 1. The largest absolute Gasteiger partial charge is 0.505 e. The predicted octanol–water partition coefficient (Wildman–Crippen LogP) is 10.1. The summed E-state index contributed by atoms with van der Waals surface area (Å²) in [5, 5.41) is 20.7. The van der Waals surface area contributed by atoms with E-state index < -0.39 is 48.2 Å². The Morgan fingerprint density at radius 1 is 0.609 bits per heavy atom. The molecule has 2 atom stereocenters. The number of hydrogen-bond acceptors (Lipinski definition) is 8. The maximum Gasteiger partial charge on any atom is 0.378 e. The fourth-order valence-electron chi connectivity index (χ4n) is 5.89. The molecule has 8 nitrogen and oxygen atoms in total. The molecule has 0 radical (unpaired) electrons. The topological polar surface area (TPSA) is 119 Å². The number of carbonyl (C=O) groups excluding carboxylic acids is 3. The number of unbranched alkanes of at least 4 members (excludes halogenated alkanes) is 24. The van der Waals surface area contributed by atoms with Crippen molar-refractivity contribution in [2.75, 3.05) is 6.61 Å². The molecular formula is C38H68O8. The van der Waals surface area contributed by atoms with Crippen molar-refractivity contribution >= 4 is 17.9 Å². The van der Waals surface area contributed by atoms with Crippen molar-refractivity contribution in [2.24, 2.45) is 0 Å². The summed E-state index contributed by atoms with van der Waals surface area (Å²) in [6.07, 6.45) is 28.8. The molecule has 0 spiro atoms. The van der Waals surface area contributed by atoms with Gasteiger partial charge in [-0.1, -0.05) is 168 Å². The Morgan fingerprint density at radius 3 is 1.35 bits per heavy atom. The third-order valence-electron chi connectivity index (χ3n) is 8.87. The molecule has 46 heavy (non-hydrogen) atoms. The highest BCUT2D eigenvalue weighted by Gasteiger charge is 2.42. The molecule has 1 rings (SSSR count). The van der Waals surface area contributed by atoms with Crippen molar-refractivity contribution in [1.29, 1.82) is 0 Å². The fourth-order valence-corrected chi connectivity index (χ4v) is 5.89. The van der Waals surface area contributed by atoms with Crippen LogP contribution in [0, 0.1) is 0 Å². The molecule has 1 aliphatic rings. The molecule has 0 bridgehead atoms. The van der Waals surface area contributed by atoms with Gasteiger partial charge in [0.2, 0.25) is 0 Å². The molecule has 0 amide bonds. The average Bonchev–Trinajstić information content (AvgIpc) is 3.32. The highest BCUT2D eigenvalue weighted by Crippen LogP contribution is 2.25. The standard InChI is InChI=1S/C38H68O8/c1-3-5-7-9-11-13-15-17-19-21-23-25-27-29-33(40)44-31-32(39)36-35(42)37(38(43)46-36)45-34(41)30-28-26-24-22-20-18-16-14-12-10-8-6-4-2/h32,36,39,42H,3-31H2,1-2H3/t32-,36+/m0/s1. The van der Waals surface area contributed by atoms with Crippen LogP contribution in [0.2, 0.25) is 0 Å². The molecule has 0 saturated carbocycles. The van der Waals surface area contributed by atoms with Crippen LogP contribution in [-0.4, -0.2) is 46.9 Å². The molecule has 0 fully saturated rings. The molecule has 1 aliphatic heterocycles. The normalized spacial score (nSPS) is 15.3. The molecule has 1 heterocycles. The second-order valence-electron chi connectivity index (χ2n) is 13.2. The van der Waals surface area contributed by atoms with Crippen LogP contribution >= 0.6 is 0 Å². The summed E-state index contributed by atoms with van der Waals surface area (Å²) in [5.74, 6) is -3.33. The Bertz CT molecular complexity index is 824. The number of aliphatic hydroxyl groups is 2. The summed E-state index contributed by atoms with van der Waals surface area (Å²) in [6.45, 7) is 4.05. The van der Waals surface area contributed by atoms with E-state index in [-0.39, 0.29) is 12.8 Å². The highest BCUT2D eigenvalue weighted by atomic mass is 16.6. The van der Waals surface area contributed by atoms with Gasteiger partial charge in [-0.25, -0.2) is 4.79 Å². The van der Waals surface area contributed by atoms with Crippen LogP contribution in [0.15, 0.2) is 11.5 Å². The van der Waals surface area contributed by atoms with Gasteiger partial charge in [0, 0.05) is 12.8 Å². The van der Waals surface area contributed by atoms with Crippen LogP contribution in [0.5, 0.6) is 0 Å². The van der Waals surface area contributed by atoms with Crippen LogP contribution in [-0.2, 0) is 28.6 Å². The summed E-state index contributed by atoms with van der Waals surface area (Å²) >= 11 is 0. The number of hydrogen-bond donors (Lipinski definition) is 2. The Kier molecular flexibility index (Phi) is 26.5. The van der Waals surface area contributed by atoms with Crippen molar-refractivity contribution in [3.05, 3.63) is 11.5 Å². The lowest BCUT2D eigenvalue weighted by molar-refractivity contribution is -0.157. The third-order valence-corrected chi connectivity index (χ3v) is 8.87. The van der Waals surface area contributed by atoms with Crippen molar-refractivity contribution in [1.82, 2.24) is 0 Å². The Morgan fingerprint density at radius 2 is 0.957 bits per heavy atom. The van der Waals surface area contributed by atoms with Crippen LogP contribution in [0.4, 0.5) is 0 Å². The van der Waals surface area contributed by atoms with Crippen molar-refractivity contribution in [2.45, 2.75) is 206 Å². The first kappa shape index (κ1) is 41.9. The van der Waals surface area contributed by atoms with Gasteiger partial charge in [-0.2, -0.15) is 0 Å². The Hall–Kier alpha value is -2.09. The third kappa shape index (κ3) is 21.7. The zero-order chi connectivity index (χ0) is 33.7. The highest BCUT2D eigenvalue weighted by molar-refractivity contribution is 5.92. The van der Waals surface area contributed by atoms with Gasteiger partial charge in [0.15, 0.2) is 11.9 Å². The van der Waals surface area contributed by atoms with Crippen LogP contribution in [0.25, 0.3) is 0 Å². The van der Waals surface area contributed by atoms with Crippen molar-refractivity contribution in [3.8, 4) is 0 Å².